The lowest BCUT2D eigenvalue weighted by molar-refractivity contribution is -0.387. The van der Waals surface area contributed by atoms with Gasteiger partial charge in [0.2, 0.25) is 0 Å². The number of esters is 2. The van der Waals surface area contributed by atoms with Crippen LogP contribution >= 0.6 is 11.8 Å². The zero-order chi connectivity index (χ0) is 18.6. The summed E-state index contributed by atoms with van der Waals surface area (Å²) in [5.41, 5.74) is 0.133. The van der Waals surface area contributed by atoms with Crippen LogP contribution in [0.1, 0.15) is 0 Å². The number of methoxy groups -OCH3 is 1. The first kappa shape index (κ1) is 15.9. The van der Waals surface area contributed by atoms with E-state index >= 15 is 0 Å². The maximum Gasteiger partial charge on any atom is 0.310 e. The molecule has 9 rings (SSSR count). The lowest BCUT2D eigenvalue weighted by atomic mass is 9.50. The summed E-state index contributed by atoms with van der Waals surface area (Å²) < 4.78 is 10.7. The van der Waals surface area contributed by atoms with Crippen LogP contribution in [-0.2, 0) is 19.1 Å². The highest BCUT2D eigenvalue weighted by molar-refractivity contribution is 8.00. The molecule has 8 bridgehead atoms. The van der Waals surface area contributed by atoms with Crippen LogP contribution in [0.4, 0.5) is 5.69 Å². The molecule has 1 aromatic carbocycles. The number of hydrogen-bond acceptors (Lipinski definition) is 7. The third-order valence-electron chi connectivity index (χ3n) is 7.72. The smallest absolute Gasteiger partial charge is 0.310 e. The number of nitro groups is 1. The highest BCUT2D eigenvalue weighted by Crippen LogP contribution is 2.81. The van der Waals surface area contributed by atoms with E-state index in [4.69, 9.17) is 9.47 Å². The molecule has 6 saturated carbocycles. The van der Waals surface area contributed by atoms with Crippen molar-refractivity contribution < 1.29 is 24.0 Å². The predicted octanol–water partition coefficient (Wildman–Crippen LogP) is 2.14. The number of fused-ring (bicyclic) bond motifs is 1. The van der Waals surface area contributed by atoms with Crippen LogP contribution in [0, 0.1) is 57.5 Å². The monoisotopic (exact) mass is 387 g/mol. The van der Waals surface area contributed by atoms with Gasteiger partial charge in [0.05, 0.1) is 28.8 Å². The van der Waals surface area contributed by atoms with Gasteiger partial charge >= 0.3 is 11.9 Å². The Morgan fingerprint density at radius 2 is 1.89 bits per heavy atom. The molecule has 8 fully saturated rings. The van der Waals surface area contributed by atoms with Crippen LogP contribution in [0.15, 0.2) is 29.2 Å². The summed E-state index contributed by atoms with van der Waals surface area (Å²) in [6, 6.07) is 6.83. The van der Waals surface area contributed by atoms with Gasteiger partial charge in [-0.1, -0.05) is 12.1 Å². The number of hydrogen-bond donors (Lipinski definition) is 0. The highest BCUT2D eigenvalue weighted by atomic mass is 32.2. The maximum absolute atomic E-state index is 12.5. The first-order valence-corrected chi connectivity index (χ1v) is 10.1. The Balaban J connectivity index is 1.34. The zero-order valence-electron chi connectivity index (χ0n) is 14.4. The third-order valence-corrected chi connectivity index (χ3v) is 9.22. The van der Waals surface area contributed by atoms with Crippen LogP contribution in [0.2, 0.25) is 0 Å². The molecule has 0 N–H and O–H groups in total. The number of rotatable bonds is 4. The molecule has 10 atom stereocenters. The van der Waals surface area contributed by atoms with Crippen molar-refractivity contribution in [3.63, 3.8) is 0 Å². The van der Waals surface area contributed by atoms with Gasteiger partial charge in [0.1, 0.15) is 6.10 Å². The van der Waals surface area contributed by atoms with E-state index in [-0.39, 0.29) is 51.7 Å². The molecule has 7 nitrogen and oxygen atoms in total. The summed E-state index contributed by atoms with van der Waals surface area (Å²) in [6.07, 6.45) is -0.181. The Kier molecular flexibility index (Phi) is 2.97. The van der Waals surface area contributed by atoms with Gasteiger partial charge in [0, 0.05) is 23.2 Å². The first-order valence-electron chi connectivity index (χ1n) is 9.23. The molecule has 8 heteroatoms. The fraction of sp³-hybridized carbons (Fsp3) is 0.579. The molecule has 8 aliphatic rings. The minimum absolute atomic E-state index is 0.0627. The standard InChI is InChI=1S/C19H17NO6S/c1-25-18(21)15-11-8-12-9-10(16(11)26-19(22)14(9)15)13(8)17(12)27-7-5-3-2-4-6(7)20(23)24/h2-5,8-17H,1H3. The Morgan fingerprint density at radius 1 is 1.15 bits per heavy atom. The molecular weight excluding hydrogens is 370 g/mol. The van der Waals surface area contributed by atoms with Crippen LogP contribution in [0.5, 0.6) is 0 Å². The lowest BCUT2D eigenvalue weighted by Gasteiger charge is -2.59. The quantitative estimate of drug-likeness (QED) is 0.444. The molecule has 0 aromatic heterocycles. The first-order chi connectivity index (χ1) is 13.0. The molecule has 10 unspecified atom stereocenters. The SMILES string of the molecule is COC(=O)C1C2C(=O)OC3C1C1C4C(Sc5ccccc5[N+](=O)[O-])C1C2C34. The molecule has 27 heavy (non-hydrogen) atoms. The maximum atomic E-state index is 12.5. The van der Waals surface area contributed by atoms with Crippen LogP contribution in [0.25, 0.3) is 0 Å². The van der Waals surface area contributed by atoms with Gasteiger partial charge in [0.25, 0.3) is 5.69 Å². The normalized spacial score (nSPS) is 46.9. The summed E-state index contributed by atoms with van der Waals surface area (Å²) in [5, 5.41) is 11.6. The van der Waals surface area contributed by atoms with Crippen molar-refractivity contribution >= 4 is 29.4 Å². The van der Waals surface area contributed by atoms with Crippen molar-refractivity contribution in [3.8, 4) is 0 Å². The second kappa shape index (κ2) is 5.04. The van der Waals surface area contributed by atoms with Crippen LogP contribution in [0.3, 0.4) is 0 Å². The summed E-state index contributed by atoms with van der Waals surface area (Å²) in [4.78, 5) is 36.5. The Bertz CT molecular complexity index is 904. The fourth-order valence-corrected chi connectivity index (χ4v) is 8.98. The molecule has 1 aromatic rings. The highest BCUT2D eigenvalue weighted by Gasteiger charge is 2.85. The molecule has 6 aliphatic carbocycles. The van der Waals surface area contributed by atoms with Crippen molar-refractivity contribution in [1.82, 2.24) is 0 Å². The molecular formula is C19H17NO6S. The molecule has 2 aliphatic heterocycles. The number of thioether (sulfide) groups is 1. The number of benzene rings is 1. The van der Waals surface area contributed by atoms with E-state index in [0.717, 1.165) is 0 Å². The van der Waals surface area contributed by atoms with Gasteiger partial charge in [0.15, 0.2) is 0 Å². The average molecular weight is 387 g/mol. The second-order valence-corrected chi connectivity index (χ2v) is 9.47. The van der Waals surface area contributed by atoms with E-state index in [1.54, 1.807) is 23.9 Å². The van der Waals surface area contributed by atoms with Crippen molar-refractivity contribution in [2.24, 2.45) is 47.3 Å². The third kappa shape index (κ3) is 1.67. The number of carbonyl (C=O) groups excluding carboxylic acids is 2. The number of nitrogens with zero attached hydrogens (tertiary/aromatic N) is 1. The Labute approximate surface area is 158 Å². The molecule has 0 amide bonds. The van der Waals surface area contributed by atoms with Gasteiger partial charge in [-0.05, 0) is 29.7 Å². The van der Waals surface area contributed by atoms with Crippen molar-refractivity contribution in [2.75, 3.05) is 7.11 Å². The van der Waals surface area contributed by atoms with Crippen molar-refractivity contribution in [1.29, 1.82) is 0 Å². The number of nitro benzene ring substituents is 1. The topological polar surface area (TPSA) is 95.7 Å². The van der Waals surface area contributed by atoms with E-state index in [0.29, 0.717) is 28.6 Å². The van der Waals surface area contributed by atoms with E-state index in [9.17, 15) is 19.7 Å². The Morgan fingerprint density at radius 3 is 2.63 bits per heavy atom. The zero-order valence-corrected chi connectivity index (χ0v) is 15.2. The summed E-state index contributed by atoms with van der Waals surface area (Å²) in [7, 11) is 1.38. The molecule has 0 spiro atoms. The van der Waals surface area contributed by atoms with Gasteiger partial charge in [-0.2, -0.15) is 0 Å². The van der Waals surface area contributed by atoms with Gasteiger partial charge in [-0.3, -0.25) is 19.7 Å². The van der Waals surface area contributed by atoms with Crippen molar-refractivity contribution in [3.05, 3.63) is 34.4 Å². The van der Waals surface area contributed by atoms with E-state index in [1.165, 1.54) is 13.2 Å². The van der Waals surface area contributed by atoms with Gasteiger partial charge in [-0.25, -0.2) is 0 Å². The van der Waals surface area contributed by atoms with E-state index < -0.39 is 5.92 Å². The van der Waals surface area contributed by atoms with Crippen LogP contribution < -0.4 is 0 Å². The minimum Gasteiger partial charge on any atom is -0.469 e. The van der Waals surface area contributed by atoms with Gasteiger partial charge in [-0.15, -0.1) is 11.8 Å². The van der Waals surface area contributed by atoms with Crippen molar-refractivity contribution in [2.45, 2.75) is 16.2 Å². The fourth-order valence-electron chi connectivity index (χ4n) is 7.22. The van der Waals surface area contributed by atoms with Crippen LogP contribution in [-0.4, -0.2) is 35.3 Å². The summed E-state index contributed by atoms with van der Waals surface area (Å²) in [6.45, 7) is 0. The Hall–Kier alpha value is -2.09. The second-order valence-electron chi connectivity index (χ2n) is 8.25. The minimum atomic E-state index is -0.403. The largest absolute Gasteiger partial charge is 0.469 e. The number of carbonyl (C=O) groups is 2. The average Bonchev–Trinajstić information content (AvgIpc) is 3.24. The molecule has 140 valence electrons. The number of ether oxygens (including phenoxy) is 2. The van der Waals surface area contributed by atoms with E-state index in [2.05, 4.69) is 0 Å². The summed E-state index contributed by atoms with van der Waals surface area (Å²) in [5.74, 6) is 0.277. The lowest BCUT2D eigenvalue weighted by Crippen LogP contribution is -2.65. The van der Waals surface area contributed by atoms with E-state index in [1.807, 2.05) is 6.07 Å². The van der Waals surface area contributed by atoms with Gasteiger partial charge < -0.3 is 9.47 Å². The number of para-hydroxylation sites is 1. The predicted molar refractivity (Wildman–Crippen MR) is 92.6 cm³/mol. The summed E-state index contributed by atoms with van der Waals surface area (Å²) >= 11 is 1.57. The molecule has 2 heterocycles. The molecule has 2 saturated heterocycles. The molecule has 0 radical (unpaired) electrons.